The second-order valence-electron chi connectivity index (χ2n) is 6.82. The minimum Gasteiger partial charge on any atom is -0.444 e. The largest absolute Gasteiger partial charge is 0.444 e. The summed E-state index contributed by atoms with van der Waals surface area (Å²) >= 11 is 0. The summed E-state index contributed by atoms with van der Waals surface area (Å²) in [6, 6.07) is 1.97. The Morgan fingerprint density at radius 2 is 2.21 bits per heavy atom. The number of carbonyl (C=O) groups is 1. The maximum Gasteiger partial charge on any atom is 0.410 e. The van der Waals surface area contributed by atoms with Crippen molar-refractivity contribution in [2.45, 2.75) is 32.8 Å². The van der Waals surface area contributed by atoms with Crippen LogP contribution in [0.15, 0.2) is 31.2 Å². The molecular weight excluding hydrogens is 304 g/mol. The van der Waals surface area contributed by atoms with Gasteiger partial charge < -0.3 is 9.64 Å². The molecule has 1 aliphatic heterocycles. The van der Waals surface area contributed by atoms with Crippen molar-refractivity contribution >= 4 is 23.4 Å². The number of ether oxygens (including phenoxy) is 1. The highest BCUT2D eigenvalue weighted by molar-refractivity contribution is 5.77. The fraction of sp³-hybridized carbons (Fsp3) is 0.389. The molecule has 0 saturated heterocycles. The fourth-order valence-corrected chi connectivity index (χ4v) is 2.72. The first kappa shape index (κ1) is 16.2. The molecule has 0 aliphatic carbocycles. The number of nitrogens with zero attached hydrogens (tertiary/aromatic N) is 4. The molecule has 2 aromatic heterocycles. The Labute approximate surface area is 141 Å². The third kappa shape index (κ3) is 3.32. The number of hydrogen-bond donors (Lipinski definition) is 0. The van der Waals surface area contributed by atoms with Crippen LogP contribution in [0.3, 0.4) is 0 Å². The number of pyridine rings is 1. The smallest absolute Gasteiger partial charge is 0.410 e. The van der Waals surface area contributed by atoms with E-state index in [1.807, 2.05) is 39.1 Å². The molecule has 1 aliphatic rings. The molecule has 126 valence electrons. The van der Waals surface area contributed by atoms with E-state index in [-0.39, 0.29) is 6.09 Å². The van der Waals surface area contributed by atoms with E-state index >= 15 is 0 Å². The van der Waals surface area contributed by atoms with Crippen molar-refractivity contribution in [1.82, 2.24) is 19.5 Å². The van der Waals surface area contributed by atoms with Crippen molar-refractivity contribution < 1.29 is 9.53 Å². The lowest BCUT2D eigenvalue weighted by Crippen LogP contribution is -2.39. The van der Waals surface area contributed by atoms with Gasteiger partial charge in [0.1, 0.15) is 11.9 Å². The zero-order valence-electron chi connectivity index (χ0n) is 14.3. The molecule has 3 heterocycles. The third-order valence-corrected chi connectivity index (χ3v) is 3.87. The molecule has 6 heteroatoms. The van der Waals surface area contributed by atoms with Crippen molar-refractivity contribution in [2.24, 2.45) is 0 Å². The SMILES string of the molecule is C=Cc1cc2ncnn2cc1C1=CCN(C(=O)OC(C)(C)C)CC1. The maximum absolute atomic E-state index is 12.2. The molecule has 0 fully saturated rings. The van der Waals surface area contributed by atoms with Crippen LogP contribution in [-0.2, 0) is 4.74 Å². The lowest BCUT2D eigenvalue weighted by atomic mass is 9.97. The van der Waals surface area contributed by atoms with Gasteiger partial charge in [0.05, 0.1) is 0 Å². The summed E-state index contributed by atoms with van der Waals surface area (Å²) in [5.41, 5.74) is 3.59. The molecule has 3 rings (SSSR count). The van der Waals surface area contributed by atoms with Crippen molar-refractivity contribution in [2.75, 3.05) is 13.1 Å². The van der Waals surface area contributed by atoms with Gasteiger partial charge in [-0.3, -0.25) is 0 Å². The zero-order valence-corrected chi connectivity index (χ0v) is 14.3. The molecule has 0 bridgehead atoms. The highest BCUT2D eigenvalue weighted by Crippen LogP contribution is 2.27. The highest BCUT2D eigenvalue weighted by atomic mass is 16.6. The molecule has 24 heavy (non-hydrogen) atoms. The first-order chi connectivity index (χ1) is 11.4. The van der Waals surface area contributed by atoms with Crippen LogP contribution >= 0.6 is 0 Å². The molecule has 0 saturated carbocycles. The molecule has 0 aromatic carbocycles. The summed E-state index contributed by atoms with van der Waals surface area (Å²) in [7, 11) is 0. The van der Waals surface area contributed by atoms with E-state index in [0.29, 0.717) is 13.1 Å². The van der Waals surface area contributed by atoms with Crippen LogP contribution < -0.4 is 0 Å². The third-order valence-electron chi connectivity index (χ3n) is 3.87. The van der Waals surface area contributed by atoms with E-state index in [9.17, 15) is 4.79 Å². The van der Waals surface area contributed by atoms with Gasteiger partial charge in [-0.1, -0.05) is 18.7 Å². The van der Waals surface area contributed by atoms with E-state index in [1.54, 1.807) is 9.42 Å². The number of aromatic nitrogens is 3. The standard InChI is InChI=1S/C18H22N4O2/c1-5-13-10-16-19-12-20-22(16)11-15(13)14-6-8-21(9-7-14)17(23)24-18(2,3)4/h5-6,10-12H,1,7-9H2,2-4H3. The van der Waals surface area contributed by atoms with Crippen LogP contribution in [0.25, 0.3) is 17.3 Å². The Bertz CT molecular complexity index is 814. The lowest BCUT2D eigenvalue weighted by Gasteiger charge is -2.30. The average Bonchev–Trinajstić information content (AvgIpc) is 2.99. The molecule has 0 spiro atoms. The van der Waals surface area contributed by atoms with E-state index in [0.717, 1.165) is 23.2 Å². The highest BCUT2D eigenvalue weighted by Gasteiger charge is 2.24. The molecule has 2 aromatic rings. The minimum absolute atomic E-state index is 0.270. The van der Waals surface area contributed by atoms with Crippen LogP contribution in [0.4, 0.5) is 4.79 Å². The van der Waals surface area contributed by atoms with Gasteiger partial charge in [-0.25, -0.2) is 14.3 Å². The van der Waals surface area contributed by atoms with Gasteiger partial charge in [0.2, 0.25) is 0 Å². The topological polar surface area (TPSA) is 59.7 Å². The normalized spacial score (nSPS) is 15.3. The average molecular weight is 326 g/mol. The minimum atomic E-state index is -0.477. The summed E-state index contributed by atoms with van der Waals surface area (Å²) in [5.74, 6) is 0. The van der Waals surface area contributed by atoms with Gasteiger partial charge in [-0.15, -0.1) is 0 Å². The van der Waals surface area contributed by atoms with Crippen molar-refractivity contribution in [1.29, 1.82) is 0 Å². The Morgan fingerprint density at radius 1 is 1.42 bits per heavy atom. The second-order valence-corrected chi connectivity index (χ2v) is 6.82. The monoisotopic (exact) mass is 326 g/mol. The molecule has 6 nitrogen and oxygen atoms in total. The number of carbonyl (C=O) groups excluding carboxylic acids is 1. The van der Waals surface area contributed by atoms with Gasteiger partial charge in [-0.2, -0.15) is 5.10 Å². The van der Waals surface area contributed by atoms with Crippen molar-refractivity contribution in [3.8, 4) is 0 Å². The number of fused-ring (bicyclic) bond motifs is 1. The predicted octanol–water partition coefficient (Wildman–Crippen LogP) is 3.40. The Hall–Kier alpha value is -2.63. The van der Waals surface area contributed by atoms with Crippen molar-refractivity contribution in [3.05, 3.63) is 42.4 Å². The number of hydrogen-bond acceptors (Lipinski definition) is 4. The van der Waals surface area contributed by atoms with Crippen LogP contribution in [-0.4, -0.2) is 44.3 Å². The number of rotatable bonds is 2. The second kappa shape index (κ2) is 6.11. The molecule has 0 N–H and O–H groups in total. The summed E-state index contributed by atoms with van der Waals surface area (Å²) in [4.78, 5) is 18.1. The number of amides is 1. The quantitative estimate of drug-likeness (QED) is 0.848. The van der Waals surface area contributed by atoms with E-state index < -0.39 is 5.60 Å². The van der Waals surface area contributed by atoms with E-state index in [4.69, 9.17) is 4.74 Å². The van der Waals surface area contributed by atoms with Gasteiger partial charge in [0, 0.05) is 24.8 Å². The van der Waals surface area contributed by atoms with Crippen LogP contribution in [0.1, 0.15) is 38.3 Å². The van der Waals surface area contributed by atoms with Crippen LogP contribution in [0.2, 0.25) is 0 Å². The maximum atomic E-state index is 12.2. The van der Waals surface area contributed by atoms with Gasteiger partial charge in [0.25, 0.3) is 0 Å². The summed E-state index contributed by atoms with van der Waals surface area (Å²) in [6.07, 6.45) is 7.89. The molecule has 0 radical (unpaired) electrons. The van der Waals surface area contributed by atoms with Crippen LogP contribution in [0, 0.1) is 0 Å². The molecule has 1 amide bonds. The fourth-order valence-electron chi connectivity index (χ4n) is 2.72. The predicted molar refractivity (Wildman–Crippen MR) is 93.5 cm³/mol. The Kier molecular flexibility index (Phi) is 4.13. The molecule has 0 atom stereocenters. The van der Waals surface area contributed by atoms with E-state index in [1.165, 1.54) is 11.9 Å². The summed E-state index contributed by atoms with van der Waals surface area (Å²) in [6.45, 7) is 10.7. The first-order valence-corrected chi connectivity index (χ1v) is 8.00. The van der Waals surface area contributed by atoms with Gasteiger partial charge >= 0.3 is 6.09 Å². The van der Waals surface area contributed by atoms with E-state index in [2.05, 4.69) is 22.7 Å². The molecular formula is C18H22N4O2. The van der Waals surface area contributed by atoms with Crippen LogP contribution in [0.5, 0.6) is 0 Å². The molecule has 0 unspecified atom stereocenters. The van der Waals surface area contributed by atoms with Crippen molar-refractivity contribution in [3.63, 3.8) is 0 Å². The Balaban J connectivity index is 1.82. The summed E-state index contributed by atoms with van der Waals surface area (Å²) in [5, 5.41) is 4.19. The summed E-state index contributed by atoms with van der Waals surface area (Å²) < 4.78 is 7.18. The van der Waals surface area contributed by atoms with Gasteiger partial charge in [-0.05, 0) is 44.4 Å². The first-order valence-electron chi connectivity index (χ1n) is 8.00. The Morgan fingerprint density at radius 3 is 2.83 bits per heavy atom. The zero-order chi connectivity index (χ0) is 17.3. The van der Waals surface area contributed by atoms with Gasteiger partial charge in [0.15, 0.2) is 5.65 Å². The lowest BCUT2D eigenvalue weighted by molar-refractivity contribution is 0.0270.